The largest absolute Gasteiger partial charge is 0.481 e. The van der Waals surface area contributed by atoms with Gasteiger partial charge in [0.25, 0.3) is 0 Å². The molecule has 0 radical (unpaired) electrons. The van der Waals surface area contributed by atoms with E-state index in [0.717, 1.165) is 12.8 Å². The Morgan fingerprint density at radius 1 is 1.22 bits per heavy atom. The van der Waals surface area contributed by atoms with Crippen LogP contribution in [0.4, 0.5) is 0 Å². The Balaban J connectivity index is 2.48. The summed E-state index contributed by atoms with van der Waals surface area (Å²) in [5, 5.41) is 11.5. The molecule has 0 heterocycles. The molecular weight excluding hydrogens is 238 g/mol. The summed E-state index contributed by atoms with van der Waals surface area (Å²) in [7, 11) is 0. The maximum atomic E-state index is 11.8. The summed E-state index contributed by atoms with van der Waals surface area (Å²) in [6.07, 6.45) is 2.76. The van der Waals surface area contributed by atoms with Gasteiger partial charge in [-0.1, -0.05) is 12.8 Å². The van der Waals surface area contributed by atoms with Crippen LogP contribution in [-0.4, -0.2) is 36.1 Å². The number of amides is 1. The SMILES string of the molecule is CCOC(=O)CNC(=O)C1CCCCC1C(=O)O. The van der Waals surface area contributed by atoms with E-state index < -0.39 is 23.8 Å². The third-order valence-corrected chi connectivity index (χ3v) is 3.13. The number of esters is 1. The molecule has 102 valence electrons. The van der Waals surface area contributed by atoms with Gasteiger partial charge in [0, 0.05) is 0 Å². The summed E-state index contributed by atoms with van der Waals surface area (Å²) in [6, 6.07) is 0. The van der Waals surface area contributed by atoms with Gasteiger partial charge in [-0.15, -0.1) is 0 Å². The summed E-state index contributed by atoms with van der Waals surface area (Å²) >= 11 is 0. The van der Waals surface area contributed by atoms with Crippen LogP contribution >= 0.6 is 0 Å². The lowest BCUT2D eigenvalue weighted by atomic mass is 9.79. The standard InChI is InChI=1S/C12H19NO5/c1-2-18-10(14)7-13-11(15)8-5-3-4-6-9(8)12(16)17/h8-9H,2-7H2,1H3,(H,13,15)(H,16,17). The maximum absolute atomic E-state index is 11.8. The first-order valence-electron chi connectivity index (χ1n) is 6.22. The van der Waals surface area contributed by atoms with Gasteiger partial charge in [-0.2, -0.15) is 0 Å². The Bertz CT molecular complexity index is 328. The lowest BCUT2D eigenvalue weighted by Gasteiger charge is -2.27. The number of carboxylic acids is 1. The number of aliphatic carboxylic acids is 1. The van der Waals surface area contributed by atoms with Gasteiger partial charge in [0.2, 0.25) is 5.91 Å². The zero-order valence-electron chi connectivity index (χ0n) is 10.5. The van der Waals surface area contributed by atoms with Gasteiger partial charge in [-0.3, -0.25) is 14.4 Å². The summed E-state index contributed by atoms with van der Waals surface area (Å²) in [5.41, 5.74) is 0. The second-order valence-corrected chi connectivity index (χ2v) is 4.36. The van der Waals surface area contributed by atoms with Crippen LogP contribution in [-0.2, 0) is 19.1 Å². The van der Waals surface area contributed by atoms with Gasteiger partial charge >= 0.3 is 11.9 Å². The highest BCUT2D eigenvalue weighted by atomic mass is 16.5. The van der Waals surface area contributed by atoms with Crippen molar-refractivity contribution in [1.29, 1.82) is 0 Å². The Hall–Kier alpha value is -1.59. The van der Waals surface area contributed by atoms with Crippen LogP contribution < -0.4 is 5.32 Å². The first-order chi connectivity index (χ1) is 8.56. The highest BCUT2D eigenvalue weighted by Gasteiger charge is 2.35. The third-order valence-electron chi connectivity index (χ3n) is 3.13. The maximum Gasteiger partial charge on any atom is 0.325 e. The molecule has 1 aliphatic rings. The van der Waals surface area contributed by atoms with E-state index in [-0.39, 0.29) is 19.1 Å². The van der Waals surface area contributed by atoms with Gasteiger partial charge in [0.05, 0.1) is 18.4 Å². The second kappa shape index (κ2) is 6.98. The first kappa shape index (κ1) is 14.5. The van der Waals surface area contributed by atoms with Gasteiger partial charge in [-0.05, 0) is 19.8 Å². The van der Waals surface area contributed by atoms with Gasteiger partial charge < -0.3 is 15.2 Å². The van der Waals surface area contributed by atoms with Crippen molar-refractivity contribution < 1.29 is 24.2 Å². The zero-order chi connectivity index (χ0) is 13.5. The second-order valence-electron chi connectivity index (χ2n) is 4.36. The van der Waals surface area contributed by atoms with E-state index in [4.69, 9.17) is 5.11 Å². The van der Waals surface area contributed by atoms with Crippen LogP contribution in [0.2, 0.25) is 0 Å². The van der Waals surface area contributed by atoms with Crippen molar-refractivity contribution in [2.45, 2.75) is 32.6 Å². The Morgan fingerprint density at radius 2 is 1.83 bits per heavy atom. The molecule has 2 atom stereocenters. The molecule has 6 heteroatoms. The summed E-state index contributed by atoms with van der Waals surface area (Å²) in [5.74, 6) is -2.98. The monoisotopic (exact) mass is 257 g/mol. The van der Waals surface area contributed by atoms with E-state index in [9.17, 15) is 14.4 Å². The average molecular weight is 257 g/mol. The Kier molecular flexibility index (Phi) is 5.61. The molecule has 18 heavy (non-hydrogen) atoms. The highest BCUT2D eigenvalue weighted by molar-refractivity contribution is 5.87. The molecule has 0 aromatic rings. The number of nitrogens with one attached hydrogen (secondary N) is 1. The lowest BCUT2D eigenvalue weighted by Crippen LogP contribution is -2.41. The molecule has 6 nitrogen and oxygen atoms in total. The first-order valence-corrected chi connectivity index (χ1v) is 6.22. The predicted octanol–water partition coefficient (Wildman–Crippen LogP) is 0.557. The molecule has 0 aliphatic heterocycles. The summed E-state index contributed by atoms with van der Waals surface area (Å²) in [6.45, 7) is 1.74. The molecule has 1 saturated carbocycles. The van der Waals surface area contributed by atoms with Crippen molar-refractivity contribution >= 4 is 17.8 Å². The topological polar surface area (TPSA) is 92.7 Å². The highest BCUT2D eigenvalue weighted by Crippen LogP contribution is 2.30. The molecule has 0 aromatic carbocycles. The number of hydrogen-bond donors (Lipinski definition) is 2. The number of carboxylic acid groups (broad SMARTS) is 1. The van der Waals surface area contributed by atoms with Crippen LogP contribution in [0, 0.1) is 11.8 Å². The third kappa shape index (κ3) is 4.01. The fourth-order valence-electron chi connectivity index (χ4n) is 2.24. The predicted molar refractivity (Wildman–Crippen MR) is 62.7 cm³/mol. The Labute approximate surface area is 106 Å². The molecule has 1 rings (SSSR count). The van der Waals surface area contributed by atoms with E-state index in [0.29, 0.717) is 12.8 Å². The molecule has 2 N–H and O–H groups in total. The number of carbonyl (C=O) groups is 3. The minimum absolute atomic E-state index is 0.199. The fourth-order valence-corrected chi connectivity index (χ4v) is 2.24. The molecule has 0 spiro atoms. The molecule has 1 aliphatic carbocycles. The van der Waals surface area contributed by atoms with Crippen LogP contribution in [0.25, 0.3) is 0 Å². The van der Waals surface area contributed by atoms with Gasteiger partial charge in [0.1, 0.15) is 6.54 Å². The number of ether oxygens (including phenoxy) is 1. The number of carbonyl (C=O) groups excluding carboxylic acids is 2. The minimum atomic E-state index is -0.939. The quantitative estimate of drug-likeness (QED) is 0.702. The molecule has 0 saturated heterocycles. The van der Waals surface area contributed by atoms with Crippen molar-refractivity contribution in [1.82, 2.24) is 5.32 Å². The summed E-state index contributed by atoms with van der Waals surface area (Å²) in [4.78, 5) is 34.0. The normalized spacial score (nSPS) is 23.2. The lowest BCUT2D eigenvalue weighted by molar-refractivity contribution is -0.149. The van der Waals surface area contributed by atoms with E-state index in [1.165, 1.54) is 0 Å². The minimum Gasteiger partial charge on any atom is -0.481 e. The smallest absolute Gasteiger partial charge is 0.325 e. The Morgan fingerprint density at radius 3 is 2.39 bits per heavy atom. The van der Waals surface area contributed by atoms with E-state index >= 15 is 0 Å². The van der Waals surface area contributed by atoms with Gasteiger partial charge in [0.15, 0.2) is 0 Å². The van der Waals surface area contributed by atoms with Crippen LogP contribution in [0.5, 0.6) is 0 Å². The molecule has 2 unspecified atom stereocenters. The van der Waals surface area contributed by atoms with Crippen LogP contribution in [0.3, 0.4) is 0 Å². The van der Waals surface area contributed by atoms with Crippen molar-refractivity contribution in [3.05, 3.63) is 0 Å². The number of rotatable bonds is 5. The zero-order valence-corrected chi connectivity index (χ0v) is 10.5. The van der Waals surface area contributed by atoms with Crippen LogP contribution in [0.15, 0.2) is 0 Å². The van der Waals surface area contributed by atoms with Crippen molar-refractivity contribution in [2.24, 2.45) is 11.8 Å². The summed E-state index contributed by atoms with van der Waals surface area (Å²) < 4.78 is 4.68. The molecule has 0 aromatic heterocycles. The average Bonchev–Trinajstić information content (AvgIpc) is 2.36. The molecular formula is C12H19NO5. The van der Waals surface area contributed by atoms with Crippen LogP contribution in [0.1, 0.15) is 32.6 Å². The fraction of sp³-hybridized carbons (Fsp3) is 0.750. The molecule has 0 bridgehead atoms. The van der Waals surface area contributed by atoms with E-state index in [1.807, 2.05) is 0 Å². The van der Waals surface area contributed by atoms with Gasteiger partial charge in [-0.25, -0.2) is 0 Å². The van der Waals surface area contributed by atoms with Crippen molar-refractivity contribution in [3.63, 3.8) is 0 Å². The van der Waals surface area contributed by atoms with Crippen molar-refractivity contribution in [3.8, 4) is 0 Å². The van der Waals surface area contributed by atoms with Crippen molar-refractivity contribution in [2.75, 3.05) is 13.2 Å². The number of hydrogen-bond acceptors (Lipinski definition) is 4. The molecule has 1 fully saturated rings. The van der Waals surface area contributed by atoms with E-state index in [2.05, 4.69) is 10.1 Å². The molecule has 1 amide bonds. The van der Waals surface area contributed by atoms with E-state index in [1.54, 1.807) is 6.92 Å².